The van der Waals surface area contributed by atoms with Gasteiger partial charge >= 0.3 is 0 Å². The van der Waals surface area contributed by atoms with Gasteiger partial charge in [-0.3, -0.25) is 9.13 Å². The van der Waals surface area contributed by atoms with E-state index in [2.05, 4.69) is 33.4 Å². The van der Waals surface area contributed by atoms with E-state index in [9.17, 15) is 11.0 Å². The standard InChI is InChI=1S/C65H41N5/c1-2-19-44(20-3-1)67-54-29-11-10-27-52(54)53-39-42(37-38-61(53)67)45-28-18-36-62(68-55-30-12-4-21-46(55)47-22-5-13-31-56(47)68)65(45)43-40-63(69-57-32-14-6-23-48(57)49-24-7-15-33-58(49)69)66-64(41-43)70-59-34-16-8-25-50(59)51-26-9-17-35-60(51)70/h1-41H/i6D,7D,8D,9D,14D,15D,16D,17D,23D,24D,25D,26D,32D,33D,34D,35D. The number of aromatic nitrogens is 5. The third kappa shape index (κ3) is 5.57. The highest BCUT2D eigenvalue weighted by molar-refractivity contribution is 6.14. The Kier molecular flexibility index (Phi) is 5.62. The molecule has 10 aromatic carbocycles. The van der Waals surface area contributed by atoms with E-state index in [1.54, 1.807) is 12.1 Å². The van der Waals surface area contributed by atoms with E-state index in [1.165, 1.54) is 9.13 Å². The molecule has 15 aromatic rings. The van der Waals surface area contributed by atoms with Crippen LogP contribution in [0.1, 0.15) is 21.9 Å². The molecule has 0 spiro atoms. The van der Waals surface area contributed by atoms with Crippen molar-refractivity contribution in [2.24, 2.45) is 0 Å². The topological polar surface area (TPSA) is 32.6 Å². The Morgan fingerprint density at radius 1 is 0.300 bits per heavy atom. The van der Waals surface area contributed by atoms with Crippen molar-refractivity contribution < 1.29 is 21.9 Å². The number of hydrogen-bond donors (Lipinski definition) is 0. The molecule has 0 atom stereocenters. The van der Waals surface area contributed by atoms with Gasteiger partial charge in [0.1, 0.15) is 11.6 Å². The molecule has 0 aliphatic rings. The van der Waals surface area contributed by atoms with Crippen LogP contribution in [0.5, 0.6) is 0 Å². The quantitative estimate of drug-likeness (QED) is 0.164. The second-order valence-electron chi connectivity index (χ2n) is 17.1. The first kappa shape index (κ1) is 26.2. The zero-order valence-corrected chi connectivity index (χ0v) is 36.7. The van der Waals surface area contributed by atoms with Gasteiger partial charge in [0, 0.05) is 54.3 Å². The van der Waals surface area contributed by atoms with Crippen LogP contribution in [0.4, 0.5) is 0 Å². The van der Waals surface area contributed by atoms with Crippen LogP contribution < -0.4 is 0 Å². The van der Waals surface area contributed by atoms with Crippen molar-refractivity contribution >= 4 is 87.2 Å². The van der Waals surface area contributed by atoms with Crippen molar-refractivity contribution in [1.29, 1.82) is 0 Å². The molecule has 5 heteroatoms. The lowest BCUT2D eigenvalue weighted by Gasteiger charge is -2.21. The predicted octanol–water partition coefficient (Wildman–Crippen LogP) is 16.8. The Labute approximate surface area is 425 Å². The monoisotopic (exact) mass is 907 g/mol. The summed E-state index contributed by atoms with van der Waals surface area (Å²) >= 11 is 0. The lowest BCUT2D eigenvalue weighted by molar-refractivity contribution is 1.01. The molecular formula is C65H41N5. The second-order valence-corrected chi connectivity index (χ2v) is 17.1. The Hall–Kier alpha value is -9.45. The SMILES string of the molecule is [2H]c1c([2H])c([2H])c2c(c1[2H])c1c([2H])c([2H])c([2H])c([2H])c1n2-c1cc(-c2c(-c3ccc4c(c3)c3ccccc3n4-c3ccccc3)cccc2-n2c3ccccc3c3ccccc32)cc(-n2c3c([2H])c([2H])c([2H])c([2H])c3c3c([2H])c([2H])c([2H])c([2H])c32)n1. The normalized spacial score (nSPS) is 15.2. The maximum Gasteiger partial charge on any atom is 0.140 e. The smallest absolute Gasteiger partial charge is 0.140 e. The molecule has 5 nitrogen and oxygen atoms in total. The number of rotatable bonds is 6. The lowest BCUT2D eigenvalue weighted by atomic mass is 9.92. The number of hydrogen-bond acceptors (Lipinski definition) is 1. The van der Waals surface area contributed by atoms with Gasteiger partial charge in [0.25, 0.3) is 0 Å². The van der Waals surface area contributed by atoms with E-state index in [-0.39, 0.29) is 55.2 Å². The van der Waals surface area contributed by atoms with E-state index in [0.717, 1.165) is 54.9 Å². The third-order valence-corrected chi connectivity index (χ3v) is 13.5. The van der Waals surface area contributed by atoms with E-state index < -0.39 is 96.7 Å². The molecule has 0 bridgehead atoms. The highest BCUT2D eigenvalue weighted by atomic mass is 15.1. The fourth-order valence-electron chi connectivity index (χ4n) is 10.6. The van der Waals surface area contributed by atoms with Crippen LogP contribution in [0.2, 0.25) is 0 Å². The summed E-state index contributed by atoms with van der Waals surface area (Å²) in [5.74, 6) is -0.373. The molecule has 326 valence electrons. The van der Waals surface area contributed by atoms with Crippen LogP contribution in [-0.4, -0.2) is 23.3 Å². The van der Waals surface area contributed by atoms with Gasteiger partial charge in [-0.15, -0.1) is 0 Å². The number of para-hydroxylation sites is 8. The van der Waals surface area contributed by atoms with Crippen molar-refractivity contribution in [3.8, 4) is 45.3 Å². The Bertz CT molecular complexity index is 5180. The zero-order valence-electron chi connectivity index (χ0n) is 52.7. The molecule has 0 fully saturated rings. The van der Waals surface area contributed by atoms with Crippen molar-refractivity contribution in [1.82, 2.24) is 23.3 Å². The molecule has 0 N–H and O–H groups in total. The molecule has 0 unspecified atom stereocenters. The lowest BCUT2D eigenvalue weighted by Crippen LogP contribution is -2.06. The summed E-state index contributed by atoms with van der Waals surface area (Å²) < 4.78 is 154. The number of nitrogens with zero attached hydrogens (tertiary/aromatic N) is 5. The van der Waals surface area contributed by atoms with Gasteiger partial charge in [-0.1, -0.05) is 164 Å². The molecule has 0 radical (unpaired) electrons. The minimum absolute atomic E-state index is 0.186. The van der Waals surface area contributed by atoms with Crippen LogP contribution in [0.15, 0.2) is 248 Å². The fraction of sp³-hybridized carbons (Fsp3) is 0. The molecule has 0 aliphatic carbocycles. The van der Waals surface area contributed by atoms with Crippen molar-refractivity contribution in [2.45, 2.75) is 0 Å². The van der Waals surface area contributed by atoms with Gasteiger partial charge in [-0.2, -0.15) is 0 Å². The minimum Gasteiger partial charge on any atom is -0.309 e. The summed E-state index contributed by atoms with van der Waals surface area (Å²) in [6.45, 7) is 0. The van der Waals surface area contributed by atoms with E-state index >= 15 is 0 Å². The van der Waals surface area contributed by atoms with E-state index in [4.69, 9.17) is 16.0 Å². The van der Waals surface area contributed by atoms with Crippen LogP contribution in [0.3, 0.4) is 0 Å². The summed E-state index contributed by atoms with van der Waals surface area (Å²) in [6, 6.07) is 39.4. The van der Waals surface area contributed by atoms with Crippen LogP contribution in [0, 0.1) is 0 Å². The summed E-state index contributed by atoms with van der Waals surface area (Å²) in [5, 5.41) is 2.89. The first-order chi connectivity index (χ1) is 41.4. The second kappa shape index (κ2) is 15.0. The van der Waals surface area contributed by atoms with E-state index in [0.29, 0.717) is 22.4 Å². The zero-order chi connectivity index (χ0) is 59.8. The Balaban J connectivity index is 1.17. The number of fused-ring (bicyclic) bond motifs is 12. The molecule has 0 saturated carbocycles. The van der Waals surface area contributed by atoms with Gasteiger partial charge in [-0.05, 0) is 102 Å². The summed E-state index contributed by atoms with van der Waals surface area (Å²) in [4.78, 5) is 5.24. The third-order valence-electron chi connectivity index (χ3n) is 13.5. The largest absolute Gasteiger partial charge is 0.309 e. The summed E-state index contributed by atoms with van der Waals surface area (Å²) in [5.41, 5.74) is 6.35. The molecule has 5 aromatic heterocycles. The highest BCUT2D eigenvalue weighted by Crippen LogP contribution is 2.45. The van der Waals surface area contributed by atoms with Crippen LogP contribution in [-0.2, 0) is 0 Å². The maximum atomic E-state index is 9.59. The van der Waals surface area contributed by atoms with Gasteiger partial charge in [0.15, 0.2) is 0 Å². The highest BCUT2D eigenvalue weighted by Gasteiger charge is 2.24. The molecule has 0 aliphatic heterocycles. The molecule has 0 saturated heterocycles. The average Bonchev–Trinajstić information content (AvgIpc) is 1.58. The molecule has 15 rings (SSSR count). The van der Waals surface area contributed by atoms with Crippen LogP contribution >= 0.6 is 0 Å². The Morgan fingerprint density at radius 2 is 0.743 bits per heavy atom. The number of pyridine rings is 1. The van der Waals surface area contributed by atoms with Gasteiger partial charge < -0.3 is 9.13 Å². The number of benzene rings is 10. The molecular weight excluding hydrogens is 851 g/mol. The molecule has 70 heavy (non-hydrogen) atoms. The predicted molar refractivity (Wildman–Crippen MR) is 292 cm³/mol. The molecule has 5 heterocycles. The van der Waals surface area contributed by atoms with Crippen molar-refractivity contribution in [3.05, 3.63) is 248 Å². The van der Waals surface area contributed by atoms with Gasteiger partial charge in [0.05, 0.1) is 71.8 Å². The summed E-state index contributed by atoms with van der Waals surface area (Å²) in [6.07, 6.45) is 0. The Morgan fingerprint density at radius 3 is 1.27 bits per heavy atom. The van der Waals surface area contributed by atoms with Gasteiger partial charge in [-0.25, -0.2) is 4.98 Å². The van der Waals surface area contributed by atoms with Gasteiger partial charge in [0.2, 0.25) is 0 Å². The van der Waals surface area contributed by atoms with Crippen LogP contribution in [0.25, 0.3) is 132 Å². The van der Waals surface area contributed by atoms with Crippen molar-refractivity contribution in [3.63, 3.8) is 0 Å². The maximum absolute atomic E-state index is 9.59. The molecule has 0 amide bonds. The average molecular weight is 908 g/mol. The van der Waals surface area contributed by atoms with E-state index in [1.807, 2.05) is 115 Å². The first-order valence-corrected chi connectivity index (χ1v) is 22.7. The fourth-order valence-corrected chi connectivity index (χ4v) is 10.6. The first-order valence-electron chi connectivity index (χ1n) is 30.7. The van der Waals surface area contributed by atoms with Crippen molar-refractivity contribution in [2.75, 3.05) is 0 Å². The summed E-state index contributed by atoms with van der Waals surface area (Å²) in [7, 11) is 0. The minimum atomic E-state index is -0.671.